The molecular weight excluding hydrogens is 339 g/mol. The van der Waals surface area contributed by atoms with Gasteiger partial charge in [0.1, 0.15) is 11.9 Å². The molecule has 0 radical (unpaired) electrons. The van der Waals surface area contributed by atoms with Crippen LogP contribution in [0.3, 0.4) is 0 Å². The van der Waals surface area contributed by atoms with E-state index in [0.717, 1.165) is 0 Å². The van der Waals surface area contributed by atoms with Gasteiger partial charge in [0.25, 0.3) is 0 Å². The lowest BCUT2D eigenvalue weighted by molar-refractivity contribution is -0.139. The summed E-state index contributed by atoms with van der Waals surface area (Å²) in [6.45, 7) is 2.30. The number of carbonyl (C=O) groups is 2. The standard InChI is InChI=1S/C18H19FN4O3/c1-12(24)22-10-16(25)23-8-9-26-15(11-23)18-17(20-6-7-21-18)13-4-2-3-5-14(13)19/h2-7,15H,8-11H2,1H3,(H,22,24). The van der Waals surface area contributed by atoms with E-state index < -0.39 is 11.9 Å². The molecule has 26 heavy (non-hydrogen) atoms. The molecule has 1 N–H and O–H groups in total. The first kappa shape index (κ1) is 17.9. The van der Waals surface area contributed by atoms with E-state index in [9.17, 15) is 14.0 Å². The van der Waals surface area contributed by atoms with Crippen molar-refractivity contribution in [3.8, 4) is 11.3 Å². The van der Waals surface area contributed by atoms with Gasteiger partial charge in [-0.2, -0.15) is 0 Å². The predicted molar refractivity (Wildman–Crippen MR) is 91.4 cm³/mol. The average Bonchev–Trinajstić information content (AvgIpc) is 2.66. The lowest BCUT2D eigenvalue weighted by Gasteiger charge is -2.33. The highest BCUT2D eigenvalue weighted by Crippen LogP contribution is 2.30. The molecule has 1 aromatic carbocycles. The highest BCUT2D eigenvalue weighted by atomic mass is 19.1. The maximum atomic E-state index is 14.2. The van der Waals surface area contributed by atoms with E-state index >= 15 is 0 Å². The van der Waals surface area contributed by atoms with Gasteiger partial charge in [-0.25, -0.2) is 4.39 Å². The van der Waals surface area contributed by atoms with Crippen LogP contribution in [0.25, 0.3) is 11.3 Å². The number of nitrogens with one attached hydrogen (secondary N) is 1. The van der Waals surface area contributed by atoms with Gasteiger partial charge in [-0.1, -0.05) is 12.1 Å². The van der Waals surface area contributed by atoms with E-state index in [-0.39, 0.29) is 24.9 Å². The van der Waals surface area contributed by atoms with Crippen molar-refractivity contribution in [2.24, 2.45) is 0 Å². The third-order valence-corrected chi connectivity index (χ3v) is 4.07. The van der Waals surface area contributed by atoms with Crippen LogP contribution < -0.4 is 5.32 Å². The number of hydrogen-bond acceptors (Lipinski definition) is 5. The van der Waals surface area contributed by atoms with Gasteiger partial charge in [0, 0.05) is 31.4 Å². The zero-order chi connectivity index (χ0) is 18.5. The van der Waals surface area contributed by atoms with Crippen molar-refractivity contribution in [1.82, 2.24) is 20.2 Å². The highest BCUT2D eigenvalue weighted by Gasteiger charge is 2.29. The highest BCUT2D eigenvalue weighted by molar-refractivity contribution is 5.83. The topological polar surface area (TPSA) is 84.4 Å². The Balaban J connectivity index is 1.82. The molecule has 0 bridgehead atoms. The third-order valence-electron chi connectivity index (χ3n) is 4.07. The lowest BCUT2D eigenvalue weighted by Crippen LogP contribution is -2.46. The fourth-order valence-electron chi connectivity index (χ4n) is 2.80. The Labute approximate surface area is 150 Å². The van der Waals surface area contributed by atoms with E-state index in [2.05, 4.69) is 15.3 Å². The Bertz CT molecular complexity index is 815. The number of nitrogens with zero attached hydrogens (tertiary/aromatic N) is 3. The van der Waals surface area contributed by atoms with Crippen molar-refractivity contribution >= 4 is 11.8 Å². The van der Waals surface area contributed by atoms with E-state index in [1.54, 1.807) is 23.1 Å². The number of morpholine rings is 1. The molecule has 8 heteroatoms. The summed E-state index contributed by atoms with van der Waals surface area (Å²) in [4.78, 5) is 33.4. The molecule has 1 aromatic heterocycles. The van der Waals surface area contributed by atoms with E-state index in [4.69, 9.17) is 4.74 Å². The fraction of sp³-hybridized carbons (Fsp3) is 0.333. The van der Waals surface area contributed by atoms with Gasteiger partial charge < -0.3 is 15.0 Å². The van der Waals surface area contributed by atoms with Crippen LogP contribution >= 0.6 is 0 Å². The smallest absolute Gasteiger partial charge is 0.242 e. The second kappa shape index (κ2) is 8.01. The molecule has 0 saturated carbocycles. The molecule has 3 rings (SSSR count). The predicted octanol–water partition coefficient (Wildman–Crippen LogP) is 1.32. The van der Waals surface area contributed by atoms with Crippen LogP contribution in [0.2, 0.25) is 0 Å². The number of carbonyl (C=O) groups excluding carboxylic acids is 2. The normalized spacial score (nSPS) is 17.0. The van der Waals surface area contributed by atoms with Crippen molar-refractivity contribution in [2.75, 3.05) is 26.2 Å². The van der Waals surface area contributed by atoms with Gasteiger partial charge in [0.15, 0.2) is 0 Å². The minimum atomic E-state index is -0.520. The summed E-state index contributed by atoms with van der Waals surface area (Å²) in [6.07, 6.45) is 2.49. The molecule has 1 aliphatic heterocycles. The molecule has 2 heterocycles. The maximum absolute atomic E-state index is 14.2. The SMILES string of the molecule is CC(=O)NCC(=O)N1CCOC(c2nccnc2-c2ccccc2F)C1. The molecule has 0 spiro atoms. The molecule has 7 nitrogen and oxygen atoms in total. The molecule has 2 amide bonds. The molecule has 136 valence electrons. The Morgan fingerprint density at radius 2 is 2.08 bits per heavy atom. The summed E-state index contributed by atoms with van der Waals surface area (Å²) in [5.41, 5.74) is 1.21. The number of aromatic nitrogens is 2. The van der Waals surface area contributed by atoms with Crippen LogP contribution in [0.15, 0.2) is 36.7 Å². The first-order chi connectivity index (χ1) is 12.6. The van der Waals surface area contributed by atoms with Crippen molar-refractivity contribution in [3.63, 3.8) is 0 Å². The van der Waals surface area contributed by atoms with Crippen LogP contribution in [0.5, 0.6) is 0 Å². The van der Waals surface area contributed by atoms with E-state index in [1.165, 1.54) is 25.4 Å². The molecular formula is C18H19FN4O3. The van der Waals surface area contributed by atoms with Gasteiger partial charge >= 0.3 is 0 Å². The third kappa shape index (κ3) is 4.02. The Morgan fingerprint density at radius 3 is 2.85 bits per heavy atom. The van der Waals surface area contributed by atoms with Gasteiger partial charge in [0.2, 0.25) is 11.8 Å². The number of ether oxygens (including phenoxy) is 1. The fourth-order valence-corrected chi connectivity index (χ4v) is 2.80. The van der Waals surface area contributed by atoms with Gasteiger partial charge in [-0.05, 0) is 12.1 Å². The second-order valence-electron chi connectivity index (χ2n) is 5.88. The molecule has 0 aliphatic carbocycles. The summed E-state index contributed by atoms with van der Waals surface area (Å²) in [7, 11) is 0. The van der Waals surface area contributed by atoms with E-state index in [0.29, 0.717) is 30.1 Å². The minimum absolute atomic E-state index is 0.0668. The summed E-state index contributed by atoms with van der Waals surface area (Å²) in [5, 5.41) is 2.49. The van der Waals surface area contributed by atoms with Crippen LogP contribution in [0.4, 0.5) is 4.39 Å². The number of hydrogen-bond donors (Lipinski definition) is 1. The lowest BCUT2D eigenvalue weighted by atomic mass is 10.0. The summed E-state index contributed by atoms with van der Waals surface area (Å²) >= 11 is 0. The average molecular weight is 358 g/mol. The van der Waals surface area contributed by atoms with Gasteiger partial charge in [-0.15, -0.1) is 0 Å². The van der Waals surface area contributed by atoms with Gasteiger partial charge in [0.05, 0.1) is 31.1 Å². The Kier molecular flexibility index (Phi) is 5.52. The van der Waals surface area contributed by atoms with Crippen LogP contribution in [0, 0.1) is 5.82 Å². The molecule has 2 aromatic rings. The molecule has 1 fully saturated rings. The Hall–Kier alpha value is -2.87. The molecule has 1 aliphatic rings. The van der Waals surface area contributed by atoms with Crippen LogP contribution in [-0.4, -0.2) is 52.9 Å². The number of benzene rings is 1. The zero-order valence-corrected chi connectivity index (χ0v) is 14.3. The summed E-state index contributed by atoms with van der Waals surface area (Å²) < 4.78 is 20.0. The quantitative estimate of drug-likeness (QED) is 0.891. The van der Waals surface area contributed by atoms with Crippen molar-refractivity contribution in [2.45, 2.75) is 13.0 Å². The molecule has 1 unspecified atom stereocenters. The van der Waals surface area contributed by atoms with Crippen molar-refractivity contribution < 1.29 is 18.7 Å². The first-order valence-corrected chi connectivity index (χ1v) is 8.26. The summed E-state index contributed by atoms with van der Waals surface area (Å²) in [6, 6.07) is 6.32. The summed E-state index contributed by atoms with van der Waals surface area (Å²) in [5.74, 6) is -0.868. The number of amides is 2. The Morgan fingerprint density at radius 1 is 1.31 bits per heavy atom. The zero-order valence-electron chi connectivity index (χ0n) is 14.3. The minimum Gasteiger partial charge on any atom is -0.368 e. The maximum Gasteiger partial charge on any atom is 0.242 e. The second-order valence-corrected chi connectivity index (χ2v) is 5.88. The first-order valence-electron chi connectivity index (χ1n) is 8.26. The van der Waals surface area contributed by atoms with Crippen molar-refractivity contribution in [3.05, 3.63) is 48.2 Å². The number of halogens is 1. The van der Waals surface area contributed by atoms with Crippen LogP contribution in [0.1, 0.15) is 18.7 Å². The van der Waals surface area contributed by atoms with Gasteiger partial charge in [-0.3, -0.25) is 19.6 Å². The molecule has 1 atom stereocenters. The van der Waals surface area contributed by atoms with Crippen molar-refractivity contribution in [1.29, 1.82) is 0 Å². The monoisotopic (exact) mass is 358 g/mol. The van der Waals surface area contributed by atoms with E-state index in [1.807, 2.05) is 0 Å². The molecule has 1 saturated heterocycles. The number of rotatable bonds is 4. The largest absolute Gasteiger partial charge is 0.368 e. The van der Waals surface area contributed by atoms with Crippen LogP contribution in [-0.2, 0) is 14.3 Å².